The summed E-state index contributed by atoms with van der Waals surface area (Å²) in [4.78, 5) is 17.8. The molecule has 0 spiro atoms. The fourth-order valence-electron chi connectivity index (χ4n) is 3.60. The number of ether oxygens (including phenoxy) is 3. The molecule has 0 aliphatic heterocycles. The molecule has 11 heteroatoms. The highest BCUT2D eigenvalue weighted by atomic mass is 19.4. The summed E-state index contributed by atoms with van der Waals surface area (Å²) in [5.41, 5.74) is -0.653. The van der Waals surface area contributed by atoms with E-state index in [9.17, 15) is 18.0 Å². The molecular weight excluding hydrogens is 489 g/mol. The van der Waals surface area contributed by atoms with Gasteiger partial charge in [-0.25, -0.2) is 4.98 Å². The van der Waals surface area contributed by atoms with Crippen molar-refractivity contribution in [3.05, 3.63) is 82.1 Å². The molecule has 188 valence electrons. The predicted octanol–water partition coefficient (Wildman–Crippen LogP) is 4.88. The van der Waals surface area contributed by atoms with E-state index < -0.39 is 17.3 Å². The van der Waals surface area contributed by atoms with Crippen LogP contribution in [0.15, 0.2) is 70.6 Å². The number of benzene rings is 3. The van der Waals surface area contributed by atoms with Gasteiger partial charge in [0.05, 0.1) is 36.9 Å². The monoisotopic (exact) mass is 508 g/mol. The summed E-state index contributed by atoms with van der Waals surface area (Å²) in [5, 5.41) is 13.3. The number of nitrogens with zero attached hydrogens (tertiary/aromatic N) is 4. The SMILES string of the molecule is COc1cc(C=Nn2c(-c3cccc(C(F)(F)F)c3)nc3ccccc3c2=O)cc(OC)c1OCC#N. The Morgan fingerprint density at radius 3 is 2.41 bits per heavy atom. The molecule has 0 aliphatic rings. The Labute approximate surface area is 208 Å². The fraction of sp³-hybridized carbons (Fsp3) is 0.154. The Bertz CT molecular complexity index is 1560. The van der Waals surface area contributed by atoms with Crippen LogP contribution in [0.3, 0.4) is 0 Å². The van der Waals surface area contributed by atoms with Gasteiger partial charge in [-0.05, 0) is 36.4 Å². The molecule has 4 aromatic rings. The Kier molecular flexibility index (Phi) is 7.11. The highest BCUT2D eigenvalue weighted by Gasteiger charge is 2.31. The third-order valence-corrected chi connectivity index (χ3v) is 5.29. The van der Waals surface area contributed by atoms with Gasteiger partial charge >= 0.3 is 6.18 Å². The van der Waals surface area contributed by atoms with Crippen LogP contribution in [0.1, 0.15) is 11.1 Å². The van der Waals surface area contributed by atoms with Crippen molar-refractivity contribution in [2.24, 2.45) is 5.10 Å². The van der Waals surface area contributed by atoms with E-state index in [1.165, 1.54) is 32.6 Å². The third kappa shape index (κ3) is 5.23. The van der Waals surface area contributed by atoms with Gasteiger partial charge in [0, 0.05) is 11.1 Å². The number of methoxy groups -OCH3 is 2. The lowest BCUT2D eigenvalue weighted by Crippen LogP contribution is -2.20. The molecule has 0 saturated heterocycles. The number of hydrogen-bond acceptors (Lipinski definition) is 7. The normalized spacial score (nSPS) is 11.5. The van der Waals surface area contributed by atoms with Gasteiger partial charge in [-0.3, -0.25) is 4.79 Å². The number of aromatic nitrogens is 2. The van der Waals surface area contributed by atoms with Crippen molar-refractivity contribution < 1.29 is 27.4 Å². The first-order valence-corrected chi connectivity index (χ1v) is 10.8. The topological polar surface area (TPSA) is 98.7 Å². The summed E-state index contributed by atoms with van der Waals surface area (Å²) in [6.45, 7) is -0.237. The minimum Gasteiger partial charge on any atom is -0.493 e. The number of nitriles is 1. The molecule has 3 aromatic carbocycles. The number of para-hydroxylation sites is 1. The van der Waals surface area contributed by atoms with E-state index in [1.807, 2.05) is 6.07 Å². The minimum absolute atomic E-state index is 0.0604. The number of halogens is 3. The summed E-state index contributed by atoms with van der Waals surface area (Å²) >= 11 is 0. The van der Waals surface area contributed by atoms with Crippen LogP contribution < -0.4 is 19.8 Å². The van der Waals surface area contributed by atoms with E-state index in [4.69, 9.17) is 19.5 Å². The molecule has 0 aliphatic carbocycles. The van der Waals surface area contributed by atoms with Crippen LogP contribution in [0.5, 0.6) is 17.2 Å². The van der Waals surface area contributed by atoms with Crippen LogP contribution in [-0.4, -0.2) is 36.7 Å². The van der Waals surface area contributed by atoms with Gasteiger partial charge in [0.25, 0.3) is 5.56 Å². The average molecular weight is 508 g/mol. The van der Waals surface area contributed by atoms with Crippen molar-refractivity contribution in [3.8, 4) is 34.7 Å². The first-order valence-electron chi connectivity index (χ1n) is 10.8. The van der Waals surface area contributed by atoms with E-state index in [0.717, 1.165) is 16.8 Å². The van der Waals surface area contributed by atoms with E-state index in [2.05, 4.69) is 10.1 Å². The van der Waals surface area contributed by atoms with Crippen LogP contribution in [0, 0.1) is 11.3 Å². The van der Waals surface area contributed by atoms with Gasteiger partial charge in [-0.15, -0.1) is 0 Å². The summed E-state index contributed by atoms with van der Waals surface area (Å²) in [7, 11) is 2.80. The first-order chi connectivity index (χ1) is 17.8. The minimum atomic E-state index is -4.58. The summed E-state index contributed by atoms with van der Waals surface area (Å²) in [5.74, 6) is 0.633. The zero-order valence-corrected chi connectivity index (χ0v) is 19.6. The molecule has 0 amide bonds. The molecule has 1 heterocycles. The Morgan fingerprint density at radius 2 is 1.76 bits per heavy atom. The maximum absolute atomic E-state index is 13.4. The lowest BCUT2D eigenvalue weighted by Gasteiger charge is -2.14. The van der Waals surface area contributed by atoms with E-state index in [-0.39, 0.29) is 40.6 Å². The Morgan fingerprint density at radius 1 is 1.05 bits per heavy atom. The molecule has 8 nitrogen and oxygen atoms in total. The van der Waals surface area contributed by atoms with E-state index in [0.29, 0.717) is 11.1 Å². The van der Waals surface area contributed by atoms with E-state index in [1.54, 1.807) is 36.4 Å². The molecule has 0 unspecified atom stereocenters. The molecule has 0 fully saturated rings. The van der Waals surface area contributed by atoms with Crippen molar-refractivity contribution in [1.29, 1.82) is 5.26 Å². The lowest BCUT2D eigenvalue weighted by atomic mass is 10.1. The highest BCUT2D eigenvalue weighted by Crippen LogP contribution is 2.38. The van der Waals surface area contributed by atoms with E-state index >= 15 is 0 Å². The Balaban J connectivity index is 1.89. The number of hydrogen-bond donors (Lipinski definition) is 0. The Hall–Kier alpha value is -4.85. The van der Waals surface area contributed by atoms with Crippen LogP contribution in [0.25, 0.3) is 22.3 Å². The van der Waals surface area contributed by atoms with Crippen LogP contribution in [0.2, 0.25) is 0 Å². The summed E-state index contributed by atoms with van der Waals surface area (Å²) in [6.07, 6.45) is -3.27. The second kappa shape index (κ2) is 10.4. The first kappa shape index (κ1) is 25.2. The number of rotatable bonds is 7. The van der Waals surface area contributed by atoms with Crippen molar-refractivity contribution in [2.45, 2.75) is 6.18 Å². The molecule has 37 heavy (non-hydrogen) atoms. The predicted molar refractivity (Wildman–Crippen MR) is 130 cm³/mol. The quantitative estimate of drug-likeness (QED) is 0.330. The largest absolute Gasteiger partial charge is 0.493 e. The molecule has 0 radical (unpaired) electrons. The summed E-state index contributed by atoms with van der Waals surface area (Å²) in [6, 6.07) is 15.9. The van der Waals surface area contributed by atoms with Gasteiger partial charge in [-0.2, -0.15) is 28.2 Å². The molecule has 0 saturated carbocycles. The van der Waals surface area contributed by atoms with Crippen molar-refractivity contribution in [3.63, 3.8) is 0 Å². The van der Waals surface area contributed by atoms with Gasteiger partial charge < -0.3 is 14.2 Å². The van der Waals surface area contributed by atoms with Crippen molar-refractivity contribution >= 4 is 17.1 Å². The van der Waals surface area contributed by atoms with Crippen LogP contribution >= 0.6 is 0 Å². The van der Waals surface area contributed by atoms with Gasteiger partial charge in [0.15, 0.2) is 23.9 Å². The second-order valence-electron chi connectivity index (χ2n) is 7.59. The number of alkyl halides is 3. The lowest BCUT2D eigenvalue weighted by molar-refractivity contribution is -0.137. The van der Waals surface area contributed by atoms with Crippen LogP contribution in [0.4, 0.5) is 13.2 Å². The molecule has 1 aromatic heterocycles. The average Bonchev–Trinajstić information content (AvgIpc) is 2.90. The fourth-order valence-corrected chi connectivity index (χ4v) is 3.60. The molecule has 0 bridgehead atoms. The second-order valence-corrected chi connectivity index (χ2v) is 7.59. The van der Waals surface area contributed by atoms with Crippen molar-refractivity contribution in [1.82, 2.24) is 9.66 Å². The summed E-state index contributed by atoms with van der Waals surface area (Å²) < 4.78 is 57.1. The van der Waals surface area contributed by atoms with Crippen molar-refractivity contribution in [2.75, 3.05) is 20.8 Å². The number of fused-ring (bicyclic) bond motifs is 1. The standard InChI is InChI=1S/C26H19F3N4O4/c1-35-21-12-16(13-22(36-2)23(21)37-11-10-30)15-31-33-24(17-6-5-7-18(14-17)26(27,28)29)32-20-9-4-3-8-19(20)25(33)34/h3-9,12-15H,11H2,1-2H3. The zero-order chi connectivity index (χ0) is 26.6. The maximum Gasteiger partial charge on any atom is 0.416 e. The van der Waals surface area contributed by atoms with Gasteiger partial charge in [-0.1, -0.05) is 24.3 Å². The van der Waals surface area contributed by atoms with Crippen LogP contribution in [-0.2, 0) is 6.18 Å². The molecule has 4 rings (SSSR count). The van der Waals surface area contributed by atoms with Gasteiger partial charge in [0.1, 0.15) is 6.07 Å². The molecule has 0 N–H and O–H groups in total. The third-order valence-electron chi connectivity index (χ3n) is 5.29. The molecule has 0 atom stereocenters. The zero-order valence-electron chi connectivity index (χ0n) is 19.6. The maximum atomic E-state index is 13.4. The highest BCUT2D eigenvalue weighted by molar-refractivity contribution is 5.84. The smallest absolute Gasteiger partial charge is 0.416 e. The van der Waals surface area contributed by atoms with Gasteiger partial charge in [0.2, 0.25) is 5.75 Å². The molecular formula is C26H19F3N4O4.